The Kier molecular flexibility index (Phi) is 5.33. The van der Waals surface area contributed by atoms with Crippen LogP contribution in [0.15, 0.2) is 41.1 Å². The lowest BCUT2D eigenvalue weighted by molar-refractivity contribution is 1.03. The largest absolute Gasteiger partial charge is 0.369 e. The second-order valence-corrected chi connectivity index (χ2v) is 4.92. The zero-order valence-corrected chi connectivity index (χ0v) is 12.4. The van der Waals surface area contributed by atoms with Crippen LogP contribution in [0.1, 0.15) is 12.0 Å². The standard InChI is InChI=1S/C14H14BrN5/c15-12-5-2-1-4-11(12)9-18-14-8-13(19-10-20-14)17-7-3-6-16/h1-2,4-5,8,10H,3,7,9H2,(H2,17,18,19,20). The van der Waals surface area contributed by atoms with E-state index in [9.17, 15) is 0 Å². The molecule has 2 rings (SSSR count). The van der Waals surface area contributed by atoms with Gasteiger partial charge in [0.1, 0.15) is 18.0 Å². The number of nitrogens with zero attached hydrogens (tertiary/aromatic N) is 3. The van der Waals surface area contributed by atoms with Gasteiger partial charge in [-0.1, -0.05) is 34.1 Å². The molecule has 0 aliphatic heterocycles. The fourth-order valence-electron chi connectivity index (χ4n) is 1.62. The second kappa shape index (κ2) is 7.46. The lowest BCUT2D eigenvalue weighted by Gasteiger charge is -2.09. The van der Waals surface area contributed by atoms with Crippen molar-refractivity contribution in [1.29, 1.82) is 5.26 Å². The molecule has 0 atom stereocenters. The zero-order valence-electron chi connectivity index (χ0n) is 10.8. The monoisotopic (exact) mass is 331 g/mol. The minimum atomic E-state index is 0.448. The summed E-state index contributed by atoms with van der Waals surface area (Å²) in [4.78, 5) is 8.27. The first-order valence-corrected chi connectivity index (χ1v) is 6.99. The fourth-order valence-corrected chi connectivity index (χ4v) is 2.05. The first-order chi connectivity index (χ1) is 9.79. The Morgan fingerprint density at radius 1 is 1.15 bits per heavy atom. The van der Waals surface area contributed by atoms with E-state index in [2.05, 4.69) is 42.6 Å². The van der Waals surface area contributed by atoms with Gasteiger partial charge in [0.05, 0.1) is 12.5 Å². The van der Waals surface area contributed by atoms with Crippen LogP contribution in [0, 0.1) is 11.3 Å². The third kappa shape index (κ3) is 4.21. The van der Waals surface area contributed by atoms with Crippen molar-refractivity contribution >= 4 is 27.6 Å². The zero-order chi connectivity index (χ0) is 14.2. The Hall–Kier alpha value is -2.13. The smallest absolute Gasteiger partial charge is 0.131 e. The van der Waals surface area contributed by atoms with Gasteiger partial charge in [0, 0.05) is 23.6 Å². The van der Waals surface area contributed by atoms with Gasteiger partial charge in [-0.3, -0.25) is 0 Å². The molecule has 6 heteroatoms. The van der Waals surface area contributed by atoms with Gasteiger partial charge in [0.15, 0.2) is 0 Å². The summed E-state index contributed by atoms with van der Waals surface area (Å²) in [6.45, 7) is 1.26. The number of halogens is 1. The average Bonchev–Trinajstić information content (AvgIpc) is 2.47. The SMILES string of the molecule is N#CCCNc1cc(NCc2ccccc2Br)ncn1. The van der Waals surface area contributed by atoms with Crippen LogP contribution in [0.4, 0.5) is 11.6 Å². The van der Waals surface area contributed by atoms with Crippen LogP contribution in [-0.4, -0.2) is 16.5 Å². The van der Waals surface area contributed by atoms with Crippen molar-refractivity contribution in [2.75, 3.05) is 17.2 Å². The molecular weight excluding hydrogens is 318 g/mol. The Balaban J connectivity index is 1.95. The molecule has 0 saturated carbocycles. The molecule has 20 heavy (non-hydrogen) atoms. The van der Waals surface area contributed by atoms with Crippen molar-refractivity contribution in [2.45, 2.75) is 13.0 Å². The fraction of sp³-hybridized carbons (Fsp3) is 0.214. The summed E-state index contributed by atoms with van der Waals surface area (Å²) < 4.78 is 1.06. The molecule has 0 amide bonds. The van der Waals surface area contributed by atoms with Crippen molar-refractivity contribution in [2.24, 2.45) is 0 Å². The third-order valence-electron chi connectivity index (χ3n) is 2.63. The molecule has 2 N–H and O–H groups in total. The number of benzene rings is 1. The number of anilines is 2. The Morgan fingerprint density at radius 2 is 1.90 bits per heavy atom. The van der Waals surface area contributed by atoms with E-state index in [1.54, 1.807) is 0 Å². The van der Waals surface area contributed by atoms with Crippen molar-refractivity contribution in [3.05, 3.63) is 46.7 Å². The summed E-state index contributed by atoms with van der Waals surface area (Å²) in [6.07, 6.45) is 1.95. The molecule has 0 unspecified atom stereocenters. The highest BCUT2D eigenvalue weighted by molar-refractivity contribution is 9.10. The van der Waals surface area contributed by atoms with Gasteiger partial charge in [-0.2, -0.15) is 5.26 Å². The van der Waals surface area contributed by atoms with E-state index in [0.717, 1.165) is 15.9 Å². The molecule has 1 heterocycles. The summed E-state index contributed by atoms with van der Waals surface area (Å²) >= 11 is 3.51. The highest BCUT2D eigenvalue weighted by Gasteiger charge is 2.01. The second-order valence-electron chi connectivity index (χ2n) is 4.07. The van der Waals surface area contributed by atoms with Gasteiger partial charge in [-0.15, -0.1) is 0 Å². The molecule has 0 aliphatic rings. The van der Waals surface area contributed by atoms with Crippen LogP contribution in [0.3, 0.4) is 0 Å². The molecule has 0 aliphatic carbocycles. The summed E-state index contributed by atoms with van der Waals surface area (Å²) in [7, 11) is 0. The number of nitrogens with one attached hydrogen (secondary N) is 2. The molecule has 0 radical (unpaired) electrons. The van der Waals surface area contributed by atoms with Gasteiger partial charge in [-0.05, 0) is 11.6 Å². The van der Waals surface area contributed by atoms with Crippen molar-refractivity contribution in [1.82, 2.24) is 9.97 Å². The van der Waals surface area contributed by atoms with E-state index in [-0.39, 0.29) is 0 Å². The Morgan fingerprint density at radius 3 is 2.65 bits per heavy atom. The maximum absolute atomic E-state index is 8.50. The highest BCUT2D eigenvalue weighted by Crippen LogP contribution is 2.17. The molecule has 102 valence electrons. The number of hydrogen-bond acceptors (Lipinski definition) is 5. The molecular formula is C14H14BrN5. The first kappa shape index (κ1) is 14.3. The summed E-state index contributed by atoms with van der Waals surface area (Å²) in [5.41, 5.74) is 1.16. The number of nitriles is 1. The lowest BCUT2D eigenvalue weighted by atomic mass is 10.2. The van der Waals surface area contributed by atoms with Gasteiger partial charge in [0.25, 0.3) is 0 Å². The molecule has 2 aromatic rings. The third-order valence-corrected chi connectivity index (χ3v) is 3.40. The van der Waals surface area contributed by atoms with Crippen LogP contribution >= 0.6 is 15.9 Å². The lowest BCUT2D eigenvalue weighted by Crippen LogP contribution is -2.06. The molecule has 1 aromatic carbocycles. The molecule has 0 fully saturated rings. The minimum Gasteiger partial charge on any atom is -0.369 e. The van der Waals surface area contributed by atoms with Crippen LogP contribution in [-0.2, 0) is 6.54 Å². The first-order valence-electron chi connectivity index (χ1n) is 6.20. The van der Waals surface area contributed by atoms with E-state index >= 15 is 0 Å². The summed E-state index contributed by atoms with van der Waals surface area (Å²) in [5, 5.41) is 14.8. The van der Waals surface area contributed by atoms with Gasteiger partial charge >= 0.3 is 0 Å². The summed E-state index contributed by atoms with van der Waals surface area (Å²) in [6, 6.07) is 11.9. The maximum Gasteiger partial charge on any atom is 0.131 e. The van der Waals surface area contributed by atoms with E-state index in [1.165, 1.54) is 6.33 Å². The van der Waals surface area contributed by atoms with Crippen LogP contribution in [0.25, 0.3) is 0 Å². The predicted molar refractivity (Wildman–Crippen MR) is 82.2 cm³/mol. The molecule has 0 bridgehead atoms. The highest BCUT2D eigenvalue weighted by atomic mass is 79.9. The molecule has 0 spiro atoms. The predicted octanol–water partition coefficient (Wildman–Crippen LogP) is 3.18. The molecule has 1 aromatic heterocycles. The molecule has 0 saturated heterocycles. The minimum absolute atomic E-state index is 0.448. The van der Waals surface area contributed by atoms with Gasteiger partial charge < -0.3 is 10.6 Å². The maximum atomic E-state index is 8.50. The van der Waals surface area contributed by atoms with Crippen molar-refractivity contribution < 1.29 is 0 Å². The topological polar surface area (TPSA) is 73.6 Å². The van der Waals surface area contributed by atoms with Crippen LogP contribution in [0.2, 0.25) is 0 Å². The van der Waals surface area contributed by atoms with Crippen LogP contribution in [0.5, 0.6) is 0 Å². The van der Waals surface area contributed by atoms with Crippen LogP contribution < -0.4 is 10.6 Å². The van der Waals surface area contributed by atoms with E-state index < -0.39 is 0 Å². The average molecular weight is 332 g/mol. The quantitative estimate of drug-likeness (QED) is 0.795. The van der Waals surface area contributed by atoms with E-state index in [1.807, 2.05) is 30.3 Å². The van der Waals surface area contributed by atoms with Crippen molar-refractivity contribution in [3.63, 3.8) is 0 Å². The Labute approximate surface area is 126 Å². The van der Waals surface area contributed by atoms with Gasteiger partial charge in [-0.25, -0.2) is 9.97 Å². The van der Waals surface area contributed by atoms with Crippen molar-refractivity contribution in [3.8, 4) is 6.07 Å². The number of hydrogen-bond donors (Lipinski definition) is 2. The van der Waals surface area contributed by atoms with E-state index in [4.69, 9.17) is 5.26 Å². The Bertz CT molecular complexity index is 609. The summed E-state index contributed by atoms with van der Waals surface area (Å²) in [5.74, 6) is 1.46. The molecule has 5 nitrogen and oxygen atoms in total. The van der Waals surface area contributed by atoms with Gasteiger partial charge in [0.2, 0.25) is 0 Å². The normalized spacial score (nSPS) is 9.80. The number of rotatable bonds is 6. The number of aromatic nitrogens is 2. The van der Waals surface area contributed by atoms with E-state index in [0.29, 0.717) is 25.3 Å².